The van der Waals surface area contributed by atoms with Gasteiger partial charge in [-0.25, -0.2) is 0 Å². The molecule has 0 spiro atoms. The third-order valence-corrected chi connectivity index (χ3v) is 2.46. The summed E-state index contributed by atoms with van der Waals surface area (Å²) in [7, 11) is 0. The van der Waals surface area contributed by atoms with E-state index in [2.05, 4.69) is 11.4 Å². The molecule has 0 atom stereocenters. The Kier molecular flexibility index (Phi) is 4.21. The molecule has 0 aliphatic rings. The van der Waals surface area contributed by atoms with Gasteiger partial charge in [0.1, 0.15) is 12.4 Å². The smallest absolute Gasteiger partial charge is 0.119 e. The topological polar surface area (TPSA) is 45.0 Å². The molecule has 0 saturated heterocycles. The number of benzene rings is 2. The fourth-order valence-electron chi connectivity index (χ4n) is 1.54. The van der Waals surface area contributed by atoms with Crippen LogP contribution < -0.4 is 10.1 Å². The van der Waals surface area contributed by atoms with Crippen molar-refractivity contribution in [3.63, 3.8) is 0 Å². The van der Waals surface area contributed by atoms with Crippen LogP contribution in [-0.4, -0.2) is 13.2 Å². The molecule has 0 aromatic heterocycles. The van der Waals surface area contributed by atoms with Gasteiger partial charge in [0.25, 0.3) is 0 Å². The molecule has 0 saturated carbocycles. The molecule has 2 aromatic carbocycles. The Balaban J connectivity index is 1.74. The minimum atomic E-state index is 0.601. The quantitative estimate of drug-likeness (QED) is 0.814. The number of hydrogen-bond donors (Lipinski definition) is 1. The lowest BCUT2D eigenvalue weighted by molar-refractivity contribution is 0.333. The summed E-state index contributed by atoms with van der Waals surface area (Å²) in [5.41, 5.74) is 1.66. The lowest BCUT2D eigenvalue weighted by Crippen LogP contribution is -2.11. The Bertz CT molecular complexity index is 514. The van der Waals surface area contributed by atoms with E-state index in [0.717, 1.165) is 18.0 Å². The Morgan fingerprint density at radius 1 is 1.00 bits per heavy atom. The number of para-hydroxylation sites is 1. The van der Waals surface area contributed by atoms with E-state index in [1.807, 2.05) is 42.5 Å². The van der Waals surface area contributed by atoms with E-state index < -0.39 is 0 Å². The van der Waals surface area contributed by atoms with Crippen LogP contribution in [0.25, 0.3) is 0 Å². The van der Waals surface area contributed by atoms with Crippen molar-refractivity contribution in [3.05, 3.63) is 60.2 Å². The summed E-state index contributed by atoms with van der Waals surface area (Å²) in [6, 6.07) is 19.2. The Hall–Kier alpha value is -2.47. The predicted molar refractivity (Wildman–Crippen MR) is 71.6 cm³/mol. The van der Waals surface area contributed by atoms with Gasteiger partial charge in [-0.3, -0.25) is 0 Å². The van der Waals surface area contributed by atoms with E-state index >= 15 is 0 Å². The highest BCUT2D eigenvalue weighted by Crippen LogP contribution is 2.09. The molecule has 2 aromatic rings. The van der Waals surface area contributed by atoms with Crippen LogP contribution in [0.4, 0.5) is 5.69 Å². The fourth-order valence-corrected chi connectivity index (χ4v) is 1.54. The van der Waals surface area contributed by atoms with E-state index in [0.29, 0.717) is 12.2 Å². The van der Waals surface area contributed by atoms with Gasteiger partial charge in [-0.05, 0) is 36.4 Å². The van der Waals surface area contributed by atoms with Gasteiger partial charge in [0.15, 0.2) is 0 Å². The van der Waals surface area contributed by atoms with E-state index in [1.54, 1.807) is 12.1 Å². The van der Waals surface area contributed by atoms with Crippen molar-refractivity contribution in [1.82, 2.24) is 0 Å². The second kappa shape index (κ2) is 6.31. The SMILES string of the molecule is N#Cc1ccc(NCCOc2ccccc2)cc1. The van der Waals surface area contributed by atoms with Gasteiger partial charge in [-0.15, -0.1) is 0 Å². The minimum absolute atomic E-state index is 0.601. The number of hydrogen-bond acceptors (Lipinski definition) is 3. The first kappa shape index (κ1) is 12.0. The molecule has 3 heteroatoms. The number of nitrogens with zero attached hydrogens (tertiary/aromatic N) is 1. The summed E-state index contributed by atoms with van der Waals surface area (Å²) >= 11 is 0. The minimum Gasteiger partial charge on any atom is -0.492 e. The summed E-state index contributed by atoms with van der Waals surface area (Å²) in [6.45, 7) is 1.32. The summed E-state index contributed by atoms with van der Waals surface area (Å²) in [6.07, 6.45) is 0. The molecular formula is C15H14N2O. The Morgan fingerprint density at radius 2 is 1.72 bits per heavy atom. The molecule has 0 fully saturated rings. The lowest BCUT2D eigenvalue weighted by atomic mass is 10.2. The van der Waals surface area contributed by atoms with Gasteiger partial charge in [0, 0.05) is 12.2 Å². The van der Waals surface area contributed by atoms with Crippen LogP contribution in [0.5, 0.6) is 5.75 Å². The first-order valence-corrected chi connectivity index (χ1v) is 5.80. The molecule has 1 N–H and O–H groups in total. The summed E-state index contributed by atoms with van der Waals surface area (Å²) in [5, 5.41) is 11.9. The van der Waals surface area contributed by atoms with Gasteiger partial charge in [0.2, 0.25) is 0 Å². The molecule has 0 aliphatic heterocycles. The first-order chi connectivity index (χ1) is 8.88. The molecule has 0 radical (unpaired) electrons. The van der Waals surface area contributed by atoms with Crippen molar-refractivity contribution >= 4 is 5.69 Å². The van der Waals surface area contributed by atoms with E-state index in [9.17, 15) is 0 Å². The molecule has 2 rings (SSSR count). The first-order valence-electron chi connectivity index (χ1n) is 5.80. The van der Waals surface area contributed by atoms with Gasteiger partial charge in [-0.1, -0.05) is 18.2 Å². The van der Waals surface area contributed by atoms with Crippen LogP contribution in [0, 0.1) is 11.3 Å². The van der Waals surface area contributed by atoms with Gasteiger partial charge in [0.05, 0.1) is 11.6 Å². The van der Waals surface area contributed by atoms with Crippen LogP contribution >= 0.6 is 0 Å². The highest BCUT2D eigenvalue weighted by atomic mass is 16.5. The maximum absolute atomic E-state index is 8.68. The van der Waals surface area contributed by atoms with Gasteiger partial charge >= 0.3 is 0 Å². The van der Waals surface area contributed by atoms with Crippen LogP contribution in [0.15, 0.2) is 54.6 Å². The number of rotatable bonds is 5. The van der Waals surface area contributed by atoms with Crippen LogP contribution in [0.3, 0.4) is 0 Å². The predicted octanol–water partition coefficient (Wildman–Crippen LogP) is 3.05. The number of nitrogens with one attached hydrogen (secondary N) is 1. The average molecular weight is 238 g/mol. The summed E-state index contributed by atoms with van der Waals surface area (Å²) in [4.78, 5) is 0. The standard InChI is InChI=1S/C15H14N2O/c16-12-13-6-8-14(9-7-13)17-10-11-18-15-4-2-1-3-5-15/h1-9,17H,10-11H2. The zero-order chi connectivity index (χ0) is 12.6. The molecule has 18 heavy (non-hydrogen) atoms. The lowest BCUT2D eigenvalue weighted by Gasteiger charge is -2.08. The monoisotopic (exact) mass is 238 g/mol. The average Bonchev–Trinajstić information content (AvgIpc) is 2.45. The largest absolute Gasteiger partial charge is 0.492 e. The molecule has 0 heterocycles. The zero-order valence-electron chi connectivity index (χ0n) is 9.97. The second-order valence-electron chi connectivity index (χ2n) is 3.78. The molecule has 3 nitrogen and oxygen atoms in total. The number of nitriles is 1. The van der Waals surface area contributed by atoms with Crippen molar-refractivity contribution in [2.75, 3.05) is 18.5 Å². The molecule has 0 aliphatic carbocycles. The van der Waals surface area contributed by atoms with Crippen molar-refractivity contribution in [2.45, 2.75) is 0 Å². The summed E-state index contributed by atoms with van der Waals surface area (Å²) in [5.74, 6) is 0.874. The maximum Gasteiger partial charge on any atom is 0.119 e. The zero-order valence-corrected chi connectivity index (χ0v) is 9.97. The fraction of sp³-hybridized carbons (Fsp3) is 0.133. The number of ether oxygens (including phenoxy) is 1. The molecule has 90 valence electrons. The normalized spacial score (nSPS) is 9.50. The molecule has 0 unspecified atom stereocenters. The third-order valence-electron chi connectivity index (χ3n) is 2.46. The van der Waals surface area contributed by atoms with Crippen LogP contribution in [0.2, 0.25) is 0 Å². The van der Waals surface area contributed by atoms with Crippen LogP contribution in [0.1, 0.15) is 5.56 Å². The summed E-state index contributed by atoms with van der Waals surface area (Å²) < 4.78 is 5.56. The molecule has 0 amide bonds. The maximum atomic E-state index is 8.68. The Morgan fingerprint density at radius 3 is 2.39 bits per heavy atom. The second-order valence-corrected chi connectivity index (χ2v) is 3.78. The highest BCUT2D eigenvalue weighted by Gasteiger charge is 1.94. The van der Waals surface area contributed by atoms with E-state index in [1.165, 1.54) is 0 Å². The van der Waals surface area contributed by atoms with Crippen molar-refractivity contribution < 1.29 is 4.74 Å². The van der Waals surface area contributed by atoms with Gasteiger partial charge in [-0.2, -0.15) is 5.26 Å². The van der Waals surface area contributed by atoms with Crippen molar-refractivity contribution in [3.8, 4) is 11.8 Å². The van der Waals surface area contributed by atoms with Gasteiger partial charge < -0.3 is 10.1 Å². The Labute approximate surface area is 107 Å². The van der Waals surface area contributed by atoms with E-state index in [4.69, 9.17) is 10.00 Å². The molecular weight excluding hydrogens is 224 g/mol. The van der Waals surface area contributed by atoms with E-state index in [-0.39, 0.29) is 0 Å². The third kappa shape index (κ3) is 3.53. The number of anilines is 1. The van der Waals surface area contributed by atoms with Crippen LogP contribution in [-0.2, 0) is 0 Å². The highest BCUT2D eigenvalue weighted by molar-refractivity contribution is 5.47. The van der Waals surface area contributed by atoms with Crippen molar-refractivity contribution in [2.24, 2.45) is 0 Å². The molecule has 0 bridgehead atoms. The van der Waals surface area contributed by atoms with Crippen molar-refractivity contribution in [1.29, 1.82) is 5.26 Å².